The first kappa shape index (κ1) is 21.4. The molecule has 3 aromatic carbocycles. The third-order valence-electron chi connectivity index (χ3n) is 5.06. The minimum atomic E-state index is -0.283. The fraction of sp³-hybridized carbons (Fsp3) is 0.185. The molecule has 0 spiro atoms. The summed E-state index contributed by atoms with van der Waals surface area (Å²) < 4.78 is 5.57. The maximum absolute atomic E-state index is 12.2. The summed E-state index contributed by atoms with van der Waals surface area (Å²) in [5.74, 6) is -0.0412. The van der Waals surface area contributed by atoms with E-state index in [9.17, 15) is 4.79 Å². The molecule has 1 aliphatic rings. The van der Waals surface area contributed by atoms with Gasteiger partial charge >= 0.3 is 0 Å². The van der Waals surface area contributed by atoms with E-state index in [4.69, 9.17) is 4.74 Å². The number of hydrogen-bond donors (Lipinski definition) is 1. The Bertz CT molecular complexity index is 1110. The standard InChI is InChI=1S/C27H27N3O2/c1-18(2)28-27-29-26(31)25(32-27)17-21-9-15-24(16-10-21)30(22-11-5-19(3)6-12-22)23-13-7-20(4)8-14-23/h5-18H,1-4H3,(H,28,29,31)/b25-17+. The Morgan fingerprint density at radius 3 is 1.75 bits per heavy atom. The van der Waals surface area contributed by atoms with Crippen LogP contribution in [0.1, 0.15) is 30.5 Å². The molecule has 1 fully saturated rings. The molecular weight excluding hydrogens is 398 g/mol. The van der Waals surface area contributed by atoms with Crippen LogP contribution >= 0.6 is 0 Å². The second-order valence-electron chi connectivity index (χ2n) is 8.19. The molecule has 1 N–H and O–H groups in total. The van der Waals surface area contributed by atoms with Crippen LogP contribution in [0, 0.1) is 13.8 Å². The zero-order valence-corrected chi connectivity index (χ0v) is 18.8. The molecule has 32 heavy (non-hydrogen) atoms. The van der Waals surface area contributed by atoms with Crippen molar-refractivity contribution in [2.24, 2.45) is 4.99 Å². The van der Waals surface area contributed by atoms with E-state index in [0.29, 0.717) is 0 Å². The highest BCUT2D eigenvalue weighted by Crippen LogP contribution is 2.35. The number of ether oxygens (including phenoxy) is 1. The molecule has 0 unspecified atom stereocenters. The molecule has 1 heterocycles. The number of aryl methyl sites for hydroxylation is 2. The molecule has 4 rings (SSSR count). The molecule has 0 saturated carbocycles. The van der Waals surface area contributed by atoms with E-state index in [-0.39, 0.29) is 23.7 Å². The average molecular weight is 426 g/mol. The van der Waals surface area contributed by atoms with Gasteiger partial charge in [-0.05, 0) is 75.7 Å². The van der Waals surface area contributed by atoms with Crippen LogP contribution in [-0.4, -0.2) is 18.0 Å². The summed E-state index contributed by atoms with van der Waals surface area (Å²) in [6, 6.07) is 25.3. The summed E-state index contributed by atoms with van der Waals surface area (Å²) in [5.41, 5.74) is 6.50. The summed E-state index contributed by atoms with van der Waals surface area (Å²) in [5, 5.41) is 2.65. The van der Waals surface area contributed by atoms with Gasteiger partial charge in [-0.1, -0.05) is 47.5 Å². The Labute approximate surface area is 189 Å². The number of aliphatic imine (C=N–C) groups is 1. The largest absolute Gasteiger partial charge is 0.420 e. The number of amides is 1. The molecule has 5 heteroatoms. The maximum atomic E-state index is 12.2. The lowest BCUT2D eigenvalue weighted by molar-refractivity contribution is -0.116. The summed E-state index contributed by atoms with van der Waals surface area (Å²) >= 11 is 0. The predicted molar refractivity (Wildman–Crippen MR) is 130 cm³/mol. The lowest BCUT2D eigenvalue weighted by Crippen LogP contribution is -2.21. The van der Waals surface area contributed by atoms with Gasteiger partial charge in [-0.25, -0.2) is 4.99 Å². The zero-order valence-electron chi connectivity index (χ0n) is 18.8. The van der Waals surface area contributed by atoms with Gasteiger partial charge in [0.2, 0.25) is 0 Å². The fourth-order valence-electron chi connectivity index (χ4n) is 3.43. The Kier molecular flexibility index (Phi) is 6.08. The number of amidine groups is 1. The normalized spacial score (nSPS) is 15.8. The molecule has 0 radical (unpaired) electrons. The Balaban J connectivity index is 1.64. The number of anilines is 3. The van der Waals surface area contributed by atoms with Gasteiger partial charge in [0.25, 0.3) is 11.9 Å². The van der Waals surface area contributed by atoms with Crippen molar-refractivity contribution in [3.8, 4) is 0 Å². The Morgan fingerprint density at radius 2 is 1.28 bits per heavy atom. The third-order valence-corrected chi connectivity index (χ3v) is 5.06. The number of benzene rings is 3. The molecule has 0 bridgehead atoms. The van der Waals surface area contributed by atoms with Gasteiger partial charge in [-0.2, -0.15) is 0 Å². The topological polar surface area (TPSA) is 53.9 Å². The predicted octanol–water partition coefficient (Wildman–Crippen LogP) is 6.02. The van der Waals surface area contributed by atoms with Gasteiger partial charge in [0.05, 0.1) is 0 Å². The Morgan fingerprint density at radius 1 is 0.812 bits per heavy atom. The monoisotopic (exact) mass is 425 g/mol. The van der Waals surface area contributed by atoms with Gasteiger partial charge in [0, 0.05) is 23.1 Å². The quantitative estimate of drug-likeness (QED) is 0.508. The van der Waals surface area contributed by atoms with Crippen molar-refractivity contribution in [2.75, 3.05) is 4.90 Å². The lowest BCUT2D eigenvalue weighted by atomic mass is 10.1. The van der Waals surface area contributed by atoms with Crippen LogP contribution in [0.25, 0.3) is 6.08 Å². The highest BCUT2D eigenvalue weighted by atomic mass is 16.5. The van der Waals surface area contributed by atoms with E-state index >= 15 is 0 Å². The molecule has 0 aliphatic carbocycles. The van der Waals surface area contributed by atoms with Crippen molar-refractivity contribution in [1.82, 2.24) is 5.32 Å². The maximum Gasteiger partial charge on any atom is 0.297 e. The van der Waals surface area contributed by atoms with E-state index < -0.39 is 0 Å². The first-order valence-electron chi connectivity index (χ1n) is 10.7. The average Bonchev–Trinajstić information content (AvgIpc) is 3.10. The molecule has 0 aromatic heterocycles. The molecule has 1 amide bonds. The first-order valence-corrected chi connectivity index (χ1v) is 10.7. The van der Waals surface area contributed by atoms with Crippen molar-refractivity contribution < 1.29 is 9.53 Å². The summed E-state index contributed by atoms with van der Waals surface area (Å²) in [7, 11) is 0. The van der Waals surface area contributed by atoms with Crippen LogP contribution in [0.2, 0.25) is 0 Å². The SMILES string of the molecule is Cc1ccc(N(c2ccc(C)cc2)c2ccc(/C=C3/OC(=NC(C)C)NC3=O)cc2)cc1. The molecule has 0 atom stereocenters. The van der Waals surface area contributed by atoms with Crippen molar-refractivity contribution in [1.29, 1.82) is 0 Å². The number of rotatable bonds is 5. The van der Waals surface area contributed by atoms with Crippen LogP contribution in [0.15, 0.2) is 83.5 Å². The number of hydrogen-bond acceptors (Lipinski definition) is 4. The smallest absolute Gasteiger partial charge is 0.297 e. The van der Waals surface area contributed by atoms with Crippen LogP contribution in [0.5, 0.6) is 0 Å². The summed E-state index contributed by atoms with van der Waals surface area (Å²) in [6.45, 7) is 8.02. The molecular formula is C27H27N3O2. The number of carbonyl (C=O) groups is 1. The molecule has 162 valence electrons. The number of nitrogens with zero attached hydrogens (tertiary/aromatic N) is 2. The minimum Gasteiger partial charge on any atom is -0.420 e. The highest BCUT2D eigenvalue weighted by Gasteiger charge is 2.25. The molecule has 1 saturated heterocycles. The van der Waals surface area contributed by atoms with Gasteiger partial charge in [0.15, 0.2) is 5.76 Å². The fourth-order valence-corrected chi connectivity index (χ4v) is 3.43. The first-order chi connectivity index (χ1) is 15.4. The van der Waals surface area contributed by atoms with Gasteiger partial charge in [-0.3, -0.25) is 10.1 Å². The van der Waals surface area contributed by atoms with Gasteiger partial charge in [-0.15, -0.1) is 0 Å². The van der Waals surface area contributed by atoms with E-state index in [2.05, 4.69) is 77.6 Å². The van der Waals surface area contributed by atoms with Gasteiger partial charge < -0.3 is 9.64 Å². The second kappa shape index (κ2) is 9.10. The van der Waals surface area contributed by atoms with Crippen molar-refractivity contribution >= 4 is 35.1 Å². The molecule has 5 nitrogen and oxygen atoms in total. The van der Waals surface area contributed by atoms with Gasteiger partial charge in [0.1, 0.15) is 0 Å². The lowest BCUT2D eigenvalue weighted by Gasteiger charge is -2.25. The molecule has 1 aliphatic heterocycles. The number of carbonyl (C=O) groups excluding carboxylic acids is 1. The van der Waals surface area contributed by atoms with Crippen LogP contribution in [0.4, 0.5) is 17.1 Å². The minimum absolute atomic E-state index is 0.0402. The van der Waals surface area contributed by atoms with Crippen molar-refractivity contribution in [3.05, 3.63) is 95.2 Å². The van der Waals surface area contributed by atoms with E-state index in [1.807, 2.05) is 38.1 Å². The zero-order chi connectivity index (χ0) is 22.7. The third kappa shape index (κ3) is 4.89. The summed E-state index contributed by atoms with van der Waals surface area (Å²) in [4.78, 5) is 18.6. The highest BCUT2D eigenvalue weighted by molar-refractivity contribution is 6.11. The van der Waals surface area contributed by atoms with Crippen molar-refractivity contribution in [2.45, 2.75) is 33.7 Å². The van der Waals surface area contributed by atoms with Crippen molar-refractivity contribution in [3.63, 3.8) is 0 Å². The van der Waals surface area contributed by atoms with E-state index in [1.54, 1.807) is 6.08 Å². The molecule has 3 aromatic rings. The van der Waals surface area contributed by atoms with E-state index in [1.165, 1.54) is 11.1 Å². The summed E-state index contributed by atoms with van der Waals surface area (Å²) in [6.07, 6.45) is 1.73. The van der Waals surface area contributed by atoms with Crippen LogP contribution < -0.4 is 10.2 Å². The number of nitrogens with one attached hydrogen (secondary N) is 1. The van der Waals surface area contributed by atoms with E-state index in [0.717, 1.165) is 22.6 Å². The Hall–Kier alpha value is -3.86. The van der Waals surface area contributed by atoms with Crippen LogP contribution in [-0.2, 0) is 9.53 Å². The van der Waals surface area contributed by atoms with Crippen LogP contribution in [0.3, 0.4) is 0 Å². The second-order valence-corrected chi connectivity index (χ2v) is 8.19.